The lowest BCUT2D eigenvalue weighted by Crippen LogP contribution is -2.46. The fraction of sp³-hybridized carbons (Fsp3) is 0.148. The third-order valence-corrected chi connectivity index (χ3v) is 5.86. The topological polar surface area (TPSA) is 80.5 Å². The molecular weight excluding hydrogens is 428 g/mol. The van der Waals surface area contributed by atoms with E-state index in [4.69, 9.17) is 14.2 Å². The van der Waals surface area contributed by atoms with Crippen molar-refractivity contribution in [2.45, 2.75) is 19.9 Å². The van der Waals surface area contributed by atoms with Crippen LogP contribution < -0.4 is 15.0 Å². The van der Waals surface area contributed by atoms with Gasteiger partial charge in [0.25, 0.3) is 5.89 Å². The van der Waals surface area contributed by atoms with Crippen molar-refractivity contribution in [2.24, 2.45) is 0 Å². The Labute approximate surface area is 197 Å². The van der Waals surface area contributed by atoms with Gasteiger partial charge in [-0.1, -0.05) is 59.8 Å². The van der Waals surface area contributed by atoms with E-state index in [0.717, 1.165) is 28.0 Å². The molecule has 1 unspecified atom stereocenters. The van der Waals surface area contributed by atoms with Crippen molar-refractivity contribution < 1.29 is 14.1 Å². The van der Waals surface area contributed by atoms with Gasteiger partial charge in [-0.25, -0.2) is 4.79 Å². The number of hydrogen-bond acceptors (Lipinski definition) is 5. The van der Waals surface area contributed by atoms with E-state index in [9.17, 15) is 4.79 Å². The molecule has 0 fully saturated rings. The predicted octanol–water partition coefficient (Wildman–Crippen LogP) is 5.76. The second-order valence-corrected chi connectivity index (χ2v) is 8.12. The molecule has 34 heavy (non-hydrogen) atoms. The minimum atomic E-state index is -0.493. The summed E-state index contributed by atoms with van der Waals surface area (Å²) in [5.74, 6) is 1.53. The van der Waals surface area contributed by atoms with Gasteiger partial charge in [0.2, 0.25) is 5.82 Å². The smallest absolute Gasteiger partial charge is 0.326 e. The molecule has 0 saturated heterocycles. The van der Waals surface area contributed by atoms with Crippen LogP contribution in [0.1, 0.15) is 30.0 Å². The molecule has 1 atom stereocenters. The number of anilines is 1. The predicted molar refractivity (Wildman–Crippen MR) is 130 cm³/mol. The first-order chi connectivity index (χ1) is 16.5. The summed E-state index contributed by atoms with van der Waals surface area (Å²) in [7, 11) is 1.62. The zero-order chi connectivity index (χ0) is 23.7. The van der Waals surface area contributed by atoms with E-state index in [2.05, 4.69) is 10.5 Å². The summed E-state index contributed by atoms with van der Waals surface area (Å²) >= 11 is 0. The Morgan fingerprint density at radius 1 is 0.971 bits per heavy atom. The van der Waals surface area contributed by atoms with E-state index in [1.54, 1.807) is 12.0 Å². The summed E-state index contributed by atoms with van der Waals surface area (Å²) in [6.07, 6.45) is 0. The number of aryl methyl sites for hydroxylation is 1. The van der Waals surface area contributed by atoms with Gasteiger partial charge in [0.1, 0.15) is 5.75 Å². The molecule has 3 aromatic carbocycles. The van der Waals surface area contributed by atoms with E-state index < -0.39 is 6.04 Å². The number of rotatable bonds is 5. The lowest BCUT2D eigenvalue weighted by molar-refractivity contribution is 0.244. The molecule has 2 heterocycles. The Hall–Kier alpha value is -4.39. The molecule has 7 heteroatoms. The molecule has 1 N–H and O–H groups in total. The van der Waals surface area contributed by atoms with Gasteiger partial charge in [0.15, 0.2) is 0 Å². The van der Waals surface area contributed by atoms with Crippen molar-refractivity contribution in [3.8, 4) is 17.1 Å². The van der Waals surface area contributed by atoms with Crippen LogP contribution in [0, 0.1) is 6.92 Å². The molecule has 1 aromatic heterocycles. The number of nitrogens with one attached hydrogen (secondary N) is 1. The minimum Gasteiger partial charge on any atom is -0.497 e. The molecule has 0 aliphatic carbocycles. The molecule has 7 nitrogen and oxygen atoms in total. The van der Waals surface area contributed by atoms with Crippen molar-refractivity contribution in [3.05, 3.63) is 102 Å². The third-order valence-electron chi connectivity index (χ3n) is 5.86. The van der Waals surface area contributed by atoms with Crippen LogP contribution in [0.3, 0.4) is 0 Å². The van der Waals surface area contributed by atoms with Gasteiger partial charge in [-0.15, -0.1) is 0 Å². The van der Waals surface area contributed by atoms with Crippen molar-refractivity contribution in [1.29, 1.82) is 0 Å². The maximum Gasteiger partial charge on any atom is 0.326 e. The molecule has 1 aliphatic heterocycles. The van der Waals surface area contributed by atoms with Crippen LogP contribution in [0.4, 0.5) is 10.5 Å². The zero-order valence-corrected chi connectivity index (χ0v) is 19.1. The number of allylic oxidation sites excluding steroid dienone is 1. The first-order valence-electron chi connectivity index (χ1n) is 11.0. The van der Waals surface area contributed by atoms with Crippen LogP contribution in [0.2, 0.25) is 0 Å². The summed E-state index contributed by atoms with van der Waals surface area (Å²) in [4.78, 5) is 19.7. The van der Waals surface area contributed by atoms with Gasteiger partial charge in [-0.05, 0) is 49.2 Å². The molecule has 5 rings (SSSR count). The first kappa shape index (κ1) is 21.5. The molecule has 4 aromatic rings. The van der Waals surface area contributed by atoms with Crippen LogP contribution in [0.15, 0.2) is 89.1 Å². The highest BCUT2D eigenvalue weighted by molar-refractivity contribution is 6.01. The number of aromatic nitrogens is 2. The number of hydrogen-bond donors (Lipinski definition) is 1. The Morgan fingerprint density at radius 2 is 1.76 bits per heavy atom. The standard InChI is InChI=1S/C27H24N4O3/c1-17-9-7-13-21(15-17)31-18(2)23(26-29-25(30-34-26)19-10-5-4-6-11-19)24(28-27(31)32)20-12-8-14-22(16-20)33-3/h4-16,24H,1-3H3,(H,28,32). The molecule has 0 spiro atoms. The summed E-state index contributed by atoms with van der Waals surface area (Å²) in [6, 6.07) is 24.3. The number of urea groups is 1. The lowest BCUT2D eigenvalue weighted by Gasteiger charge is -2.35. The Kier molecular flexibility index (Phi) is 5.59. The van der Waals surface area contributed by atoms with E-state index >= 15 is 0 Å². The van der Waals surface area contributed by atoms with Crippen LogP contribution >= 0.6 is 0 Å². The van der Waals surface area contributed by atoms with Crippen LogP contribution in [0.25, 0.3) is 17.0 Å². The molecule has 170 valence electrons. The molecule has 0 bridgehead atoms. The van der Waals surface area contributed by atoms with E-state index in [1.807, 2.05) is 92.7 Å². The third kappa shape index (κ3) is 3.92. The first-order valence-corrected chi connectivity index (χ1v) is 11.0. The number of ether oxygens (including phenoxy) is 1. The van der Waals surface area contributed by atoms with Crippen molar-refractivity contribution in [1.82, 2.24) is 15.5 Å². The van der Waals surface area contributed by atoms with E-state index in [0.29, 0.717) is 23.2 Å². The second-order valence-electron chi connectivity index (χ2n) is 8.12. The van der Waals surface area contributed by atoms with E-state index in [-0.39, 0.29) is 6.03 Å². The monoisotopic (exact) mass is 452 g/mol. The van der Waals surface area contributed by atoms with Gasteiger partial charge in [-0.2, -0.15) is 4.98 Å². The largest absolute Gasteiger partial charge is 0.497 e. The highest BCUT2D eigenvalue weighted by Crippen LogP contribution is 2.39. The molecule has 2 amide bonds. The molecule has 0 saturated carbocycles. The number of nitrogens with zero attached hydrogens (tertiary/aromatic N) is 3. The summed E-state index contributed by atoms with van der Waals surface area (Å²) in [6.45, 7) is 3.89. The molecule has 0 radical (unpaired) electrons. The highest BCUT2D eigenvalue weighted by atomic mass is 16.5. The lowest BCUT2D eigenvalue weighted by atomic mass is 9.94. The fourth-order valence-corrected chi connectivity index (χ4v) is 4.21. The Bertz CT molecular complexity index is 1380. The number of carbonyl (C=O) groups is 1. The van der Waals surface area contributed by atoms with Crippen LogP contribution in [-0.2, 0) is 0 Å². The van der Waals surface area contributed by atoms with Crippen molar-refractivity contribution in [3.63, 3.8) is 0 Å². The number of amides is 2. The summed E-state index contributed by atoms with van der Waals surface area (Å²) in [5.41, 5.74) is 4.96. The Balaban J connectivity index is 1.67. The average molecular weight is 453 g/mol. The minimum absolute atomic E-state index is 0.234. The van der Waals surface area contributed by atoms with Crippen LogP contribution in [-0.4, -0.2) is 23.3 Å². The summed E-state index contributed by atoms with van der Waals surface area (Å²) in [5, 5.41) is 7.34. The quantitative estimate of drug-likeness (QED) is 0.417. The van der Waals surface area contributed by atoms with Gasteiger partial charge >= 0.3 is 6.03 Å². The second kappa shape index (κ2) is 8.86. The summed E-state index contributed by atoms with van der Waals surface area (Å²) < 4.78 is 11.2. The van der Waals surface area contributed by atoms with Gasteiger partial charge < -0.3 is 14.6 Å². The van der Waals surface area contributed by atoms with E-state index in [1.165, 1.54) is 0 Å². The SMILES string of the molecule is COc1cccc(C2NC(=O)N(c3cccc(C)c3)C(C)=C2c2nc(-c3ccccc3)no2)c1. The Morgan fingerprint density at radius 3 is 2.53 bits per heavy atom. The van der Waals surface area contributed by atoms with Gasteiger partial charge in [-0.3, -0.25) is 4.90 Å². The zero-order valence-electron chi connectivity index (χ0n) is 19.1. The number of carbonyl (C=O) groups excluding carboxylic acids is 1. The van der Waals surface area contributed by atoms with Crippen molar-refractivity contribution >= 4 is 17.3 Å². The maximum atomic E-state index is 13.3. The molecule has 1 aliphatic rings. The maximum absolute atomic E-state index is 13.3. The highest BCUT2D eigenvalue weighted by Gasteiger charge is 2.36. The van der Waals surface area contributed by atoms with Gasteiger partial charge in [0, 0.05) is 11.3 Å². The van der Waals surface area contributed by atoms with Crippen LogP contribution in [0.5, 0.6) is 5.75 Å². The molecular formula is C27H24N4O3. The van der Waals surface area contributed by atoms with Crippen molar-refractivity contribution in [2.75, 3.05) is 12.0 Å². The number of benzene rings is 3. The van der Waals surface area contributed by atoms with Gasteiger partial charge in [0.05, 0.1) is 24.4 Å². The number of methoxy groups -OCH3 is 1. The normalized spacial score (nSPS) is 15.9. The average Bonchev–Trinajstić information content (AvgIpc) is 3.34. The fourth-order valence-electron chi connectivity index (χ4n) is 4.21.